The SMILES string of the molecule is Bc1c(B)c(CC)c(B)c(B)c1C. The van der Waals surface area contributed by atoms with Gasteiger partial charge in [-0.2, -0.15) is 0 Å². The van der Waals surface area contributed by atoms with Gasteiger partial charge in [-0.3, -0.25) is 0 Å². The standard InChI is InChI=1S/C9H16B4/c1-3-5-8(12)6(10)4(2)7(11)9(5)13/h3,10-13H2,1-2H3. The van der Waals surface area contributed by atoms with E-state index in [0.717, 1.165) is 6.42 Å². The molecule has 0 aliphatic carbocycles. The summed E-state index contributed by atoms with van der Waals surface area (Å²) in [6, 6.07) is 0. The lowest BCUT2D eigenvalue weighted by atomic mass is 9.64. The Morgan fingerprint density at radius 3 is 1.54 bits per heavy atom. The minimum Gasteiger partial charge on any atom is -0.0926 e. The first-order valence-electron chi connectivity index (χ1n) is 5.06. The molecule has 0 N–H and O–H groups in total. The molecule has 0 aliphatic rings. The second kappa shape index (κ2) is 3.69. The third-order valence-corrected chi connectivity index (χ3v) is 3.51. The van der Waals surface area contributed by atoms with E-state index in [1.54, 1.807) is 5.56 Å². The van der Waals surface area contributed by atoms with Crippen molar-refractivity contribution in [3.05, 3.63) is 11.1 Å². The van der Waals surface area contributed by atoms with Gasteiger partial charge < -0.3 is 0 Å². The van der Waals surface area contributed by atoms with Gasteiger partial charge in [-0.05, 0) is 13.3 Å². The maximum atomic E-state index is 2.24. The van der Waals surface area contributed by atoms with Crippen LogP contribution < -0.4 is 21.9 Å². The van der Waals surface area contributed by atoms with Gasteiger partial charge in [0.1, 0.15) is 31.4 Å². The van der Waals surface area contributed by atoms with Crippen LogP contribution in [0.3, 0.4) is 0 Å². The van der Waals surface area contributed by atoms with Crippen molar-refractivity contribution in [2.45, 2.75) is 20.3 Å². The van der Waals surface area contributed by atoms with Crippen LogP contribution in [0.2, 0.25) is 0 Å². The fourth-order valence-electron chi connectivity index (χ4n) is 2.11. The third-order valence-electron chi connectivity index (χ3n) is 3.51. The van der Waals surface area contributed by atoms with E-state index in [1.807, 2.05) is 0 Å². The number of hydrogen-bond donors (Lipinski definition) is 0. The number of rotatable bonds is 1. The van der Waals surface area contributed by atoms with E-state index in [4.69, 9.17) is 0 Å². The largest absolute Gasteiger partial charge is 0.138 e. The molecular weight excluding hydrogens is 151 g/mol. The van der Waals surface area contributed by atoms with Crippen LogP contribution in [-0.4, -0.2) is 31.4 Å². The van der Waals surface area contributed by atoms with Gasteiger partial charge >= 0.3 is 0 Å². The van der Waals surface area contributed by atoms with Gasteiger partial charge in [-0.25, -0.2) is 0 Å². The molecular formula is C9H16B4. The molecule has 0 atom stereocenters. The summed E-state index contributed by atoms with van der Waals surface area (Å²) >= 11 is 0. The van der Waals surface area contributed by atoms with Crippen molar-refractivity contribution in [1.82, 2.24) is 0 Å². The van der Waals surface area contributed by atoms with Gasteiger partial charge in [0.25, 0.3) is 0 Å². The Morgan fingerprint density at radius 1 is 0.846 bits per heavy atom. The summed E-state index contributed by atoms with van der Waals surface area (Å²) in [5, 5.41) is 0. The average Bonchev–Trinajstić information content (AvgIpc) is 2.13. The van der Waals surface area contributed by atoms with E-state index in [-0.39, 0.29) is 0 Å². The minimum absolute atomic E-state index is 1.15. The normalized spacial score (nSPS) is 10.3. The van der Waals surface area contributed by atoms with Crippen LogP contribution in [0.5, 0.6) is 0 Å². The van der Waals surface area contributed by atoms with E-state index >= 15 is 0 Å². The van der Waals surface area contributed by atoms with Gasteiger partial charge in [0.05, 0.1) is 0 Å². The van der Waals surface area contributed by atoms with Crippen LogP contribution >= 0.6 is 0 Å². The third kappa shape index (κ3) is 1.59. The number of hydrogen-bond acceptors (Lipinski definition) is 0. The van der Waals surface area contributed by atoms with E-state index in [2.05, 4.69) is 45.2 Å². The highest BCUT2D eigenvalue weighted by Crippen LogP contribution is 1.91. The van der Waals surface area contributed by atoms with E-state index in [1.165, 1.54) is 27.4 Å². The predicted molar refractivity (Wildman–Crippen MR) is 73.3 cm³/mol. The highest BCUT2D eigenvalue weighted by molar-refractivity contribution is 6.57. The second-order valence-corrected chi connectivity index (χ2v) is 3.96. The Morgan fingerprint density at radius 2 is 1.23 bits per heavy atom. The van der Waals surface area contributed by atoms with Crippen molar-refractivity contribution in [3.8, 4) is 0 Å². The fraction of sp³-hybridized carbons (Fsp3) is 0.333. The molecule has 0 heterocycles. The van der Waals surface area contributed by atoms with Gasteiger partial charge in [-0.15, -0.1) is 0 Å². The Kier molecular flexibility index (Phi) is 3.00. The summed E-state index contributed by atoms with van der Waals surface area (Å²) in [4.78, 5) is 0. The maximum Gasteiger partial charge on any atom is 0.138 e. The molecule has 1 rings (SSSR count). The summed E-state index contributed by atoms with van der Waals surface area (Å²) < 4.78 is 0. The summed E-state index contributed by atoms with van der Waals surface area (Å²) in [6.45, 7) is 4.47. The first kappa shape index (κ1) is 10.6. The van der Waals surface area contributed by atoms with Crippen LogP contribution in [0.15, 0.2) is 0 Å². The van der Waals surface area contributed by atoms with Crippen molar-refractivity contribution in [2.75, 3.05) is 0 Å². The maximum absolute atomic E-state index is 2.24. The first-order valence-corrected chi connectivity index (χ1v) is 5.06. The molecule has 1 aromatic rings. The van der Waals surface area contributed by atoms with Gasteiger partial charge in [-0.1, -0.05) is 39.9 Å². The lowest BCUT2D eigenvalue weighted by molar-refractivity contribution is 1.17. The monoisotopic (exact) mass is 168 g/mol. The Bertz CT molecular complexity index is 315. The minimum atomic E-state index is 1.15. The predicted octanol–water partition coefficient (Wildman–Crippen LogP) is -4.41. The molecule has 0 aliphatic heterocycles. The zero-order valence-electron chi connectivity index (χ0n) is 9.71. The molecule has 0 amide bonds. The van der Waals surface area contributed by atoms with Crippen LogP contribution in [-0.2, 0) is 6.42 Å². The highest BCUT2D eigenvalue weighted by Gasteiger charge is 2.08. The summed E-state index contributed by atoms with van der Waals surface area (Å²) in [5.41, 5.74) is 8.93. The van der Waals surface area contributed by atoms with Crippen molar-refractivity contribution in [2.24, 2.45) is 0 Å². The zero-order valence-corrected chi connectivity index (χ0v) is 9.71. The number of benzene rings is 1. The average molecular weight is 167 g/mol. The molecule has 0 aromatic heterocycles. The molecule has 0 spiro atoms. The molecule has 4 heteroatoms. The molecule has 0 radical (unpaired) electrons. The topological polar surface area (TPSA) is 0 Å². The molecule has 0 saturated carbocycles. The van der Waals surface area contributed by atoms with Crippen LogP contribution in [0.4, 0.5) is 0 Å². The van der Waals surface area contributed by atoms with E-state index in [0.29, 0.717) is 0 Å². The quantitative estimate of drug-likeness (QED) is 0.371. The van der Waals surface area contributed by atoms with Crippen LogP contribution in [0.25, 0.3) is 0 Å². The summed E-state index contributed by atoms with van der Waals surface area (Å²) in [7, 11) is 8.95. The van der Waals surface area contributed by atoms with Gasteiger partial charge in [0, 0.05) is 0 Å². The Balaban J connectivity index is 3.56. The highest BCUT2D eigenvalue weighted by atomic mass is 14.1. The van der Waals surface area contributed by atoms with Crippen molar-refractivity contribution < 1.29 is 0 Å². The molecule has 0 bridgehead atoms. The molecule has 13 heavy (non-hydrogen) atoms. The Hall–Kier alpha value is -0.520. The molecule has 0 unspecified atom stereocenters. The second-order valence-electron chi connectivity index (χ2n) is 3.96. The molecule has 0 nitrogen and oxygen atoms in total. The van der Waals surface area contributed by atoms with E-state index < -0.39 is 0 Å². The first-order chi connectivity index (χ1) is 6.00. The fourth-order valence-corrected chi connectivity index (χ4v) is 2.11. The summed E-state index contributed by atoms with van der Waals surface area (Å²) in [6.07, 6.45) is 1.15. The Labute approximate surface area is 85.1 Å². The lowest BCUT2D eigenvalue weighted by Crippen LogP contribution is -2.46. The van der Waals surface area contributed by atoms with Gasteiger partial charge in [0.15, 0.2) is 0 Å². The van der Waals surface area contributed by atoms with E-state index in [9.17, 15) is 0 Å². The van der Waals surface area contributed by atoms with Crippen molar-refractivity contribution in [3.63, 3.8) is 0 Å². The van der Waals surface area contributed by atoms with Crippen molar-refractivity contribution >= 4 is 53.2 Å². The van der Waals surface area contributed by atoms with Crippen LogP contribution in [0.1, 0.15) is 18.1 Å². The molecule has 0 saturated heterocycles. The van der Waals surface area contributed by atoms with Gasteiger partial charge in [0.2, 0.25) is 0 Å². The van der Waals surface area contributed by atoms with Crippen molar-refractivity contribution in [1.29, 1.82) is 0 Å². The zero-order chi connectivity index (χ0) is 10.2. The smallest absolute Gasteiger partial charge is 0.0926 e. The molecule has 0 fully saturated rings. The van der Waals surface area contributed by atoms with Crippen LogP contribution in [0, 0.1) is 6.92 Å². The molecule has 1 aromatic carbocycles. The molecule has 64 valence electrons. The summed E-state index contributed by atoms with van der Waals surface area (Å²) in [5.74, 6) is 0. The lowest BCUT2D eigenvalue weighted by Gasteiger charge is -2.18.